The normalized spacial score (nSPS) is 11.0. The zero-order valence-corrected chi connectivity index (χ0v) is 19.4. The van der Waals surface area contributed by atoms with Gasteiger partial charge in [0.1, 0.15) is 34.4 Å². The Morgan fingerprint density at radius 3 is 2.47 bits per heavy atom. The predicted octanol–water partition coefficient (Wildman–Crippen LogP) is 4.80. The number of carbonyl (C=O) groups is 1. The molecule has 2 aromatic carbocycles. The van der Waals surface area contributed by atoms with Crippen LogP contribution >= 0.6 is 15.9 Å². The van der Waals surface area contributed by atoms with Gasteiger partial charge in [0, 0.05) is 16.4 Å². The SMILES string of the molecule is COc1ccc(NC(=O)/C(C#N)=C/c2c(Oc3ccc(Br)cc3)nc3ccccn3c2=O)cc1. The molecule has 0 spiro atoms. The summed E-state index contributed by atoms with van der Waals surface area (Å²) in [7, 11) is 1.54. The largest absolute Gasteiger partial charge is 0.497 e. The number of nitriles is 1. The summed E-state index contributed by atoms with van der Waals surface area (Å²) >= 11 is 3.36. The summed E-state index contributed by atoms with van der Waals surface area (Å²) in [5, 5.41) is 12.3. The maximum absolute atomic E-state index is 13.2. The first-order valence-electron chi connectivity index (χ1n) is 10.0. The molecule has 0 aliphatic carbocycles. The lowest BCUT2D eigenvalue weighted by atomic mass is 10.1. The molecule has 1 amide bonds. The van der Waals surface area contributed by atoms with E-state index in [4.69, 9.17) is 9.47 Å². The van der Waals surface area contributed by atoms with Crippen molar-refractivity contribution < 1.29 is 14.3 Å². The molecule has 0 fully saturated rings. The van der Waals surface area contributed by atoms with E-state index >= 15 is 0 Å². The summed E-state index contributed by atoms with van der Waals surface area (Å²) in [5.41, 5.74) is 0.0200. The molecule has 2 aromatic heterocycles. The Labute approximate surface area is 202 Å². The lowest BCUT2D eigenvalue weighted by molar-refractivity contribution is -0.112. The quantitative estimate of drug-likeness (QED) is 0.291. The van der Waals surface area contributed by atoms with Crippen LogP contribution in [0, 0.1) is 11.3 Å². The van der Waals surface area contributed by atoms with Gasteiger partial charge in [-0.3, -0.25) is 14.0 Å². The first-order valence-corrected chi connectivity index (χ1v) is 10.8. The Morgan fingerprint density at radius 2 is 1.79 bits per heavy atom. The highest BCUT2D eigenvalue weighted by atomic mass is 79.9. The van der Waals surface area contributed by atoms with Crippen molar-refractivity contribution in [2.45, 2.75) is 0 Å². The number of nitrogens with zero attached hydrogens (tertiary/aromatic N) is 3. The highest BCUT2D eigenvalue weighted by Crippen LogP contribution is 2.25. The average molecular weight is 517 g/mol. The number of hydrogen-bond donors (Lipinski definition) is 1. The minimum absolute atomic E-state index is 0.0245. The maximum atomic E-state index is 13.2. The van der Waals surface area contributed by atoms with Gasteiger partial charge < -0.3 is 14.8 Å². The first-order chi connectivity index (χ1) is 16.5. The number of halogens is 1. The van der Waals surface area contributed by atoms with Crippen molar-refractivity contribution in [2.24, 2.45) is 0 Å². The van der Waals surface area contributed by atoms with Crippen LogP contribution in [0.3, 0.4) is 0 Å². The van der Waals surface area contributed by atoms with Crippen molar-refractivity contribution in [1.82, 2.24) is 9.38 Å². The average Bonchev–Trinajstić information content (AvgIpc) is 2.86. The molecule has 0 radical (unpaired) electrons. The van der Waals surface area contributed by atoms with Gasteiger partial charge in [-0.15, -0.1) is 0 Å². The zero-order valence-electron chi connectivity index (χ0n) is 17.9. The Bertz CT molecular complexity index is 1490. The number of pyridine rings is 1. The number of nitrogens with one attached hydrogen (secondary N) is 1. The van der Waals surface area contributed by atoms with Gasteiger partial charge in [0.05, 0.1) is 7.11 Å². The molecular weight excluding hydrogens is 500 g/mol. The van der Waals surface area contributed by atoms with Crippen LogP contribution in [0.1, 0.15) is 5.56 Å². The number of carbonyl (C=O) groups excluding carboxylic acids is 1. The summed E-state index contributed by atoms with van der Waals surface area (Å²) in [4.78, 5) is 30.4. The lowest BCUT2D eigenvalue weighted by Crippen LogP contribution is -2.20. The van der Waals surface area contributed by atoms with Crippen LogP contribution in [0.15, 0.2) is 87.8 Å². The maximum Gasteiger partial charge on any atom is 0.269 e. The van der Waals surface area contributed by atoms with E-state index in [1.807, 2.05) is 6.07 Å². The van der Waals surface area contributed by atoms with E-state index in [9.17, 15) is 14.9 Å². The number of benzene rings is 2. The molecule has 2 heterocycles. The van der Waals surface area contributed by atoms with Crippen LogP contribution < -0.4 is 20.3 Å². The second kappa shape index (κ2) is 10.0. The molecule has 8 nitrogen and oxygen atoms in total. The molecule has 0 bridgehead atoms. The van der Waals surface area contributed by atoms with Crippen LogP contribution in [0.5, 0.6) is 17.4 Å². The van der Waals surface area contributed by atoms with Crippen LogP contribution in [-0.2, 0) is 4.79 Å². The second-order valence-corrected chi connectivity index (χ2v) is 7.89. The van der Waals surface area contributed by atoms with Crippen LogP contribution in [0.25, 0.3) is 11.7 Å². The summed E-state index contributed by atoms with van der Waals surface area (Å²) in [6.45, 7) is 0. The summed E-state index contributed by atoms with van der Waals surface area (Å²) in [6, 6.07) is 20.5. The monoisotopic (exact) mass is 516 g/mol. The third-order valence-corrected chi connectivity index (χ3v) is 5.29. The summed E-state index contributed by atoms with van der Waals surface area (Å²) in [6.07, 6.45) is 2.73. The van der Waals surface area contributed by atoms with E-state index in [1.165, 1.54) is 17.6 Å². The first kappa shape index (κ1) is 22.8. The van der Waals surface area contributed by atoms with Crippen molar-refractivity contribution in [1.29, 1.82) is 5.26 Å². The van der Waals surface area contributed by atoms with Gasteiger partial charge in [-0.2, -0.15) is 10.2 Å². The van der Waals surface area contributed by atoms with E-state index < -0.39 is 11.5 Å². The smallest absolute Gasteiger partial charge is 0.269 e. The molecule has 4 aromatic rings. The minimum atomic E-state index is -0.681. The Morgan fingerprint density at radius 1 is 1.09 bits per heavy atom. The fourth-order valence-electron chi connectivity index (χ4n) is 3.06. The molecule has 1 N–H and O–H groups in total. The number of anilines is 1. The second-order valence-electron chi connectivity index (χ2n) is 6.97. The summed E-state index contributed by atoms with van der Waals surface area (Å²) in [5.74, 6) is 0.355. The molecule has 0 aliphatic heterocycles. The molecule has 168 valence electrons. The van der Waals surface area contributed by atoms with Crippen LogP contribution in [0.2, 0.25) is 0 Å². The zero-order chi connectivity index (χ0) is 24.1. The topological polar surface area (TPSA) is 106 Å². The van der Waals surface area contributed by atoms with Crippen molar-refractivity contribution in [3.05, 3.63) is 98.9 Å². The number of aromatic nitrogens is 2. The Kier molecular flexibility index (Phi) is 6.71. The van der Waals surface area contributed by atoms with Crippen LogP contribution in [-0.4, -0.2) is 22.4 Å². The molecule has 4 rings (SSSR count). The van der Waals surface area contributed by atoms with Crippen molar-refractivity contribution in [3.8, 4) is 23.4 Å². The standard InChI is InChI=1S/C25H17BrN4O4/c1-33-19-11-7-18(8-12-19)28-23(31)16(15-27)14-21-24(34-20-9-5-17(26)6-10-20)29-22-4-2-3-13-30(22)25(21)32/h2-14H,1H3,(H,28,31)/b16-14+. The third kappa shape index (κ3) is 4.98. The number of ether oxygens (including phenoxy) is 2. The Balaban J connectivity index is 1.76. The Hall–Kier alpha value is -4.42. The van der Waals surface area contributed by atoms with Crippen LogP contribution in [0.4, 0.5) is 5.69 Å². The van der Waals surface area contributed by atoms with Gasteiger partial charge in [-0.1, -0.05) is 22.0 Å². The highest BCUT2D eigenvalue weighted by Gasteiger charge is 2.17. The molecule has 0 atom stereocenters. The fraction of sp³-hybridized carbons (Fsp3) is 0.0400. The number of rotatable bonds is 6. The van der Waals surface area contributed by atoms with Crippen molar-refractivity contribution in [2.75, 3.05) is 12.4 Å². The van der Waals surface area contributed by atoms with E-state index in [0.717, 1.165) is 4.47 Å². The molecule has 9 heteroatoms. The van der Waals surface area contributed by atoms with Gasteiger partial charge in [-0.25, -0.2) is 0 Å². The van der Waals surface area contributed by atoms with E-state index in [2.05, 4.69) is 26.2 Å². The van der Waals surface area contributed by atoms with Gasteiger partial charge in [0.2, 0.25) is 5.88 Å². The number of fused-ring (bicyclic) bond motifs is 1. The van der Waals surface area contributed by atoms with E-state index in [-0.39, 0.29) is 17.0 Å². The van der Waals surface area contributed by atoms with Crippen molar-refractivity contribution in [3.63, 3.8) is 0 Å². The lowest BCUT2D eigenvalue weighted by Gasteiger charge is -2.10. The molecular formula is C25H17BrN4O4. The molecule has 0 saturated heterocycles. The summed E-state index contributed by atoms with van der Waals surface area (Å²) < 4.78 is 13.2. The van der Waals surface area contributed by atoms with Gasteiger partial charge in [0.25, 0.3) is 11.5 Å². The van der Waals surface area contributed by atoms with Crippen molar-refractivity contribution >= 4 is 39.2 Å². The molecule has 0 saturated carbocycles. The molecule has 0 unspecified atom stereocenters. The number of hydrogen-bond acceptors (Lipinski definition) is 6. The molecule has 0 aliphatic rings. The number of amides is 1. The van der Waals surface area contributed by atoms with Gasteiger partial charge in [0.15, 0.2) is 0 Å². The highest BCUT2D eigenvalue weighted by molar-refractivity contribution is 9.10. The van der Waals surface area contributed by atoms with Gasteiger partial charge in [-0.05, 0) is 66.7 Å². The minimum Gasteiger partial charge on any atom is -0.497 e. The number of methoxy groups -OCH3 is 1. The van der Waals surface area contributed by atoms with E-state index in [0.29, 0.717) is 22.8 Å². The third-order valence-electron chi connectivity index (χ3n) is 4.76. The predicted molar refractivity (Wildman–Crippen MR) is 131 cm³/mol. The fourth-order valence-corrected chi connectivity index (χ4v) is 3.33. The van der Waals surface area contributed by atoms with Gasteiger partial charge >= 0.3 is 0 Å². The molecule has 34 heavy (non-hydrogen) atoms. The van der Waals surface area contributed by atoms with E-state index in [1.54, 1.807) is 72.9 Å².